The summed E-state index contributed by atoms with van der Waals surface area (Å²) in [4.78, 5) is 52.1. The number of para-hydroxylation sites is 1. The number of hydrogen-bond donors (Lipinski definition) is 2. The molecule has 5 rings (SSSR count). The number of nitro benzene ring substituents is 1. The minimum atomic E-state index is -1.92. The van der Waals surface area contributed by atoms with Gasteiger partial charge in [0.05, 0.1) is 34.9 Å². The molecule has 0 spiro atoms. The quantitative estimate of drug-likeness (QED) is 0.236. The summed E-state index contributed by atoms with van der Waals surface area (Å²) < 4.78 is 5.68. The molecular weight excluding hydrogens is 516 g/mol. The highest BCUT2D eigenvalue weighted by Crippen LogP contribution is 2.50. The average Bonchev–Trinajstić information content (AvgIpc) is 3.43. The lowest BCUT2D eigenvalue weighted by Crippen LogP contribution is -2.57. The van der Waals surface area contributed by atoms with Crippen LogP contribution in [0.1, 0.15) is 22.7 Å². The molecule has 0 aliphatic carbocycles. The summed E-state index contributed by atoms with van der Waals surface area (Å²) in [5.41, 5.74) is -0.991. The molecule has 2 fully saturated rings. The number of ether oxygens (including phenoxy) is 1. The van der Waals surface area contributed by atoms with Gasteiger partial charge in [0.1, 0.15) is 17.9 Å². The second kappa shape index (κ2) is 10.6. The molecule has 4 unspecified atom stereocenters. The monoisotopic (exact) mass is 540 g/mol. The number of carboxylic acids is 1. The van der Waals surface area contributed by atoms with Gasteiger partial charge in [-0.2, -0.15) is 5.26 Å². The zero-order valence-electron chi connectivity index (χ0n) is 21.1. The summed E-state index contributed by atoms with van der Waals surface area (Å²) in [5.74, 6) is -4.37. The SMILES string of the molecule is N#Cc1ccccc1C1NC(Cc2ccc([N+](=O)[O-])cc2)(C(=O)O)C2C(=O)N(CCOc3ccccc3)C(=O)C12. The van der Waals surface area contributed by atoms with E-state index < -0.39 is 46.1 Å². The molecule has 2 aliphatic rings. The molecule has 4 atom stereocenters. The van der Waals surface area contributed by atoms with Gasteiger partial charge < -0.3 is 9.84 Å². The van der Waals surface area contributed by atoms with Crippen LogP contribution < -0.4 is 10.1 Å². The topological polar surface area (TPSA) is 163 Å². The average molecular weight is 541 g/mol. The lowest BCUT2D eigenvalue weighted by Gasteiger charge is -2.31. The molecule has 2 saturated heterocycles. The van der Waals surface area contributed by atoms with Gasteiger partial charge in [-0.05, 0) is 29.3 Å². The lowest BCUT2D eigenvalue weighted by atomic mass is 9.76. The number of non-ortho nitro benzene ring substituents is 1. The van der Waals surface area contributed by atoms with Crippen molar-refractivity contribution in [2.24, 2.45) is 11.8 Å². The molecule has 2 aliphatic heterocycles. The van der Waals surface area contributed by atoms with E-state index in [1.54, 1.807) is 48.5 Å². The first-order valence-corrected chi connectivity index (χ1v) is 12.5. The maximum Gasteiger partial charge on any atom is 0.325 e. The number of nitriles is 1. The third-order valence-electron chi connectivity index (χ3n) is 7.50. The number of carbonyl (C=O) groups is 3. The number of amides is 2. The molecule has 3 aromatic carbocycles. The number of likely N-dealkylation sites (tertiary alicyclic amines) is 1. The number of imide groups is 1. The van der Waals surface area contributed by atoms with E-state index in [9.17, 15) is 34.9 Å². The van der Waals surface area contributed by atoms with Gasteiger partial charge in [-0.25, -0.2) is 0 Å². The lowest BCUT2D eigenvalue weighted by molar-refractivity contribution is -0.384. The number of benzene rings is 3. The van der Waals surface area contributed by atoms with Gasteiger partial charge >= 0.3 is 5.97 Å². The van der Waals surface area contributed by atoms with Gasteiger partial charge in [0.25, 0.3) is 5.69 Å². The van der Waals surface area contributed by atoms with Crippen molar-refractivity contribution in [1.29, 1.82) is 5.26 Å². The third kappa shape index (κ3) is 4.54. The maximum atomic E-state index is 13.8. The Bertz CT molecular complexity index is 1520. The molecule has 0 saturated carbocycles. The number of carbonyl (C=O) groups excluding carboxylic acids is 2. The number of nitro groups is 1. The molecular formula is C29H24N4O7. The minimum Gasteiger partial charge on any atom is -0.492 e. The molecule has 2 amide bonds. The maximum absolute atomic E-state index is 13.8. The smallest absolute Gasteiger partial charge is 0.325 e. The van der Waals surface area contributed by atoms with Crippen molar-refractivity contribution in [3.8, 4) is 11.8 Å². The van der Waals surface area contributed by atoms with Gasteiger partial charge in [-0.15, -0.1) is 0 Å². The predicted octanol–water partition coefficient (Wildman–Crippen LogP) is 2.86. The van der Waals surface area contributed by atoms with E-state index in [0.717, 1.165) is 4.90 Å². The van der Waals surface area contributed by atoms with Gasteiger partial charge in [-0.3, -0.25) is 34.7 Å². The van der Waals surface area contributed by atoms with Crippen LogP contribution >= 0.6 is 0 Å². The van der Waals surface area contributed by atoms with Gasteiger partial charge in [0.15, 0.2) is 0 Å². The molecule has 0 aromatic heterocycles. The number of fused-ring (bicyclic) bond motifs is 1. The third-order valence-corrected chi connectivity index (χ3v) is 7.50. The first-order chi connectivity index (χ1) is 19.3. The van der Waals surface area contributed by atoms with Crippen LogP contribution in [0.2, 0.25) is 0 Å². The molecule has 40 heavy (non-hydrogen) atoms. The van der Waals surface area contributed by atoms with Crippen LogP contribution in [0, 0.1) is 33.3 Å². The fourth-order valence-electron chi connectivity index (χ4n) is 5.68. The summed E-state index contributed by atoms with van der Waals surface area (Å²) in [6.45, 7) is -0.0738. The van der Waals surface area contributed by atoms with E-state index in [1.165, 1.54) is 24.3 Å². The van der Waals surface area contributed by atoms with Gasteiger partial charge in [-0.1, -0.05) is 48.5 Å². The zero-order chi connectivity index (χ0) is 28.4. The normalized spacial score (nSPS) is 23.5. The van der Waals surface area contributed by atoms with Crippen molar-refractivity contribution >= 4 is 23.5 Å². The summed E-state index contributed by atoms with van der Waals surface area (Å²) >= 11 is 0. The van der Waals surface area contributed by atoms with Crippen LogP contribution in [-0.4, -0.2) is 51.4 Å². The Balaban J connectivity index is 1.53. The molecule has 0 bridgehead atoms. The molecule has 3 aromatic rings. The van der Waals surface area contributed by atoms with Crippen molar-refractivity contribution in [3.05, 3.63) is 106 Å². The standard InChI is InChI=1S/C29H24N4O7/c30-17-19-6-4-5-9-22(19)25-23-24(27(35)32(26(23)34)14-15-40-21-7-2-1-3-8-21)29(31-25,28(36)37)16-18-10-12-20(13-11-18)33(38)39/h1-13,23-25,31H,14-16H2,(H,36,37). The van der Waals surface area contributed by atoms with Crippen LogP contribution in [0.3, 0.4) is 0 Å². The fraction of sp³-hybridized carbons (Fsp3) is 0.241. The predicted molar refractivity (Wildman–Crippen MR) is 140 cm³/mol. The van der Waals surface area contributed by atoms with Crippen molar-refractivity contribution in [2.45, 2.75) is 18.0 Å². The first-order valence-electron chi connectivity index (χ1n) is 12.5. The highest BCUT2D eigenvalue weighted by atomic mass is 16.6. The van der Waals surface area contributed by atoms with Gasteiger partial charge in [0, 0.05) is 24.6 Å². The zero-order valence-corrected chi connectivity index (χ0v) is 21.1. The van der Waals surface area contributed by atoms with E-state index in [2.05, 4.69) is 11.4 Å². The Morgan fingerprint density at radius 3 is 2.38 bits per heavy atom. The Kier molecular flexibility index (Phi) is 7.02. The van der Waals surface area contributed by atoms with E-state index in [1.807, 2.05) is 6.07 Å². The molecule has 2 heterocycles. The Morgan fingerprint density at radius 1 is 1.05 bits per heavy atom. The van der Waals surface area contributed by atoms with Crippen LogP contribution in [0.4, 0.5) is 5.69 Å². The molecule has 0 radical (unpaired) electrons. The summed E-state index contributed by atoms with van der Waals surface area (Å²) in [6, 6.07) is 21.9. The van der Waals surface area contributed by atoms with Crippen molar-refractivity contribution in [1.82, 2.24) is 10.2 Å². The van der Waals surface area contributed by atoms with Crippen LogP contribution in [0.25, 0.3) is 0 Å². The number of rotatable bonds is 9. The molecule has 2 N–H and O–H groups in total. The first kappa shape index (κ1) is 26.5. The van der Waals surface area contributed by atoms with Crippen molar-refractivity contribution in [3.63, 3.8) is 0 Å². The summed E-state index contributed by atoms with van der Waals surface area (Å²) in [5, 5.41) is 34.5. The molecule has 11 nitrogen and oxygen atoms in total. The summed E-state index contributed by atoms with van der Waals surface area (Å²) in [7, 11) is 0. The number of aliphatic carboxylic acids is 1. The Hall–Kier alpha value is -5.08. The minimum absolute atomic E-state index is 0.0102. The highest BCUT2D eigenvalue weighted by Gasteiger charge is 2.68. The number of carboxylic acid groups (broad SMARTS) is 1. The van der Waals surface area contributed by atoms with E-state index in [-0.39, 0.29) is 30.8 Å². The molecule has 11 heteroatoms. The second-order valence-electron chi connectivity index (χ2n) is 9.69. The Morgan fingerprint density at radius 2 is 1.73 bits per heavy atom. The van der Waals surface area contributed by atoms with Crippen LogP contribution in [0.5, 0.6) is 5.75 Å². The highest BCUT2D eigenvalue weighted by molar-refractivity contribution is 6.09. The fourth-order valence-corrected chi connectivity index (χ4v) is 5.68. The van der Waals surface area contributed by atoms with Crippen molar-refractivity contribution in [2.75, 3.05) is 13.2 Å². The molecule has 202 valence electrons. The van der Waals surface area contributed by atoms with E-state index in [4.69, 9.17) is 4.74 Å². The second-order valence-corrected chi connectivity index (χ2v) is 9.69. The van der Waals surface area contributed by atoms with E-state index in [0.29, 0.717) is 16.9 Å². The Labute approximate surface area is 228 Å². The summed E-state index contributed by atoms with van der Waals surface area (Å²) in [6.07, 6.45) is -0.222. The number of nitrogens with one attached hydrogen (secondary N) is 1. The van der Waals surface area contributed by atoms with E-state index >= 15 is 0 Å². The van der Waals surface area contributed by atoms with Crippen molar-refractivity contribution < 1.29 is 29.2 Å². The number of nitrogens with zero attached hydrogens (tertiary/aromatic N) is 3. The van der Waals surface area contributed by atoms with Crippen LogP contribution in [0.15, 0.2) is 78.9 Å². The number of hydrogen-bond acceptors (Lipinski definition) is 8. The van der Waals surface area contributed by atoms with Gasteiger partial charge in [0.2, 0.25) is 11.8 Å². The van der Waals surface area contributed by atoms with Crippen LogP contribution in [-0.2, 0) is 20.8 Å². The largest absolute Gasteiger partial charge is 0.492 e.